The van der Waals surface area contributed by atoms with Crippen molar-refractivity contribution in [2.24, 2.45) is 5.41 Å². The van der Waals surface area contributed by atoms with Gasteiger partial charge in [-0.05, 0) is 25.3 Å². The van der Waals surface area contributed by atoms with E-state index in [0.717, 1.165) is 12.8 Å². The van der Waals surface area contributed by atoms with E-state index in [1.54, 1.807) is 13.4 Å². The molecule has 0 N–H and O–H groups in total. The third-order valence-corrected chi connectivity index (χ3v) is 1.79. The van der Waals surface area contributed by atoms with Gasteiger partial charge in [-0.15, -0.1) is 0 Å². The Morgan fingerprint density at radius 1 is 1.70 bits per heavy atom. The fraction of sp³-hybridized carbons (Fsp3) is 0.625. The molecule has 54 valence electrons. The predicted octanol–water partition coefficient (Wildman–Crippen LogP) is 1.84. The minimum Gasteiger partial charge on any atom is -0.504 e. The number of methoxy groups -OCH3 is 1. The van der Waals surface area contributed by atoms with Crippen LogP contribution in [0.15, 0.2) is 11.8 Å². The molecule has 1 aliphatic carbocycles. The van der Waals surface area contributed by atoms with Gasteiger partial charge in [-0.1, -0.05) is 0 Å². The molecule has 2 nitrogen and oxygen atoms in total. The summed E-state index contributed by atoms with van der Waals surface area (Å²) in [6, 6.07) is 2.27. The summed E-state index contributed by atoms with van der Waals surface area (Å²) >= 11 is 0. The van der Waals surface area contributed by atoms with E-state index in [-0.39, 0.29) is 5.41 Å². The van der Waals surface area contributed by atoms with Crippen LogP contribution in [-0.4, -0.2) is 7.11 Å². The largest absolute Gasteiger partial charge is 0.504 e. The van der Waals surface area contributed by atoms with Crippen LogP contribution in [0.25, 0.3) is 0 Å². The van der Waals surface area contributed by atoms with Crippen LogP contribution < -0.4 is 0 Å². The molecule has 0 aromatic heterocycles. The zero-order valence-electron chi connectivity index (χ0n) is 6.35. The second-order valence-electron chi connectivity index (χ2n) is 3.04. The van der Waals surface area contributed by atoms with Crippen LogP contribution in [0.3, 0.4) is 0 Å². The first-order valence-electron chi connectivity index (χ1n) is 3.32. The van der Waals surface area contributed by atoms with Crippen LogP contribution in [0.2, 0.25) is 0 Å². The number of ether oxygens (including phenoxy) is 1. The van der Waals surface area contributed by atoms with Crippen molar-refractivity contribution < 1.29 is 4.74 Å². The Hall–Kier alpha value is -0.970. The van der Waals surface area contributed by atoms with E-state index in [1.807, 2.05) is 6.92 Å². The molecule has 0 aliphatic heterocycles. The molecule has 0 spiro atoms. The van der Waals surface area contributed by atoms with Crippen molar-refractivity contribution in [3.8, 4) is 6.07 Å². The minimum atomic E-state index is -0.107. The van der Waals surface area contributed by atoms with Gasteiger partial charge in [-0.25, -0.2) is 0 Å². The first kappa shape index (κ1) is 7.14. The molecule has 1 rings (SSSR count). The maximum absolute atomic E-state index is 8.61. The van der Waals surface area contributed by atoms with E-state index < -0.39 is 0 Å². The van der Waals surface area contributed by atoms with Gasteiger partial charge in [0.15, 0.2) is 0 Å². The summed E-state index contributed by atoms with van der Waals surface area (Å²) in [5.41, 5.74) is 1.14. The van der Waals surface area contributed by atoms with E-state index in [4.69, 9.17) is 10.00 Å². The molecule has 0 saturated heterocycles. The number of hydrogen-bond acceptors (Lipinski definition) is 2. The first-order chi connectivity index (χ1) is 4.70. The minimum absolute atomic E-state index is 0.107. The number of nitriles is 1. The van der Waals surface area contributed by atoms with Crippen molar-refractivity contribution in [2.75, 3.05) is 7.11 Å². The van der Waals surface area contributed by atoms with E-state index >= 15 is 0 Å². The average Bonchev–Trinajstić information content (AvgIpc) is 1.85. The van der Waals surface area contributed by atoms with Gasteiger partial charge in [-0.2, -0.15) is 5.26 Å². The molecule has 0 amide bonds. The zero-order valence-corrected chi connectivity index (χ0v) is 6.35. The standard InChI is InChI=1S/C8H11NO/c1-8(6-9)3-7(4-8)5-10-2/h5H,3-4H2,1-2H3. The predicted molar refractivity (Wildman–Crippen MR) is 38.0 cm³/mol. The maximum atomic E-state index is 8.61. The summed E-state index contributed by atoms with van der Waals surface area (Å²) in [5, 5.41) is 8.61. The van der Waals surface area contributed by atoms with Crippen LogP contribution in [0, 0.1) is 16.7 Å². The average molecular weight is 137 g/mol. The van der Waals surface area contributed by atoms with Crippen molar-refractivity contribution in [1.29, 1.82) is 5.26 Å². The number of allylic oxidation sites excluding steroid dienone is 1. The highest BCUT2D eigenvalue weighted by Crippen LogP contribution is 2.43. The molecule has 0 bridgehead atoms. The normalized spacial score (nSPS) is 30.3. The van der Waals surface area contributed by atoms with Gasteiger partial charge < -0.3 is 4.74 Å². The van der Waals surface area contributed by atoms with E-state index in [9.17, 15) is 0 Å². The van der Waals surface area contributed by atoms with Crippen LogP contribution in [0.1, 0.15) is 19.8 Å². The molecule has 0 unspecified atom stereocenters. The van der Waals surface area contributed by atoms with Crippen LogP contribution in [0.4, 0.5) is 0 Å². The van der Waals surface area contributed by atoms with Gasteiger partial charge in [0, 0.05) is 0 Å². The second-order valence-corrected chi connectivity index (χ2v) is 3.04. The third kappa shape index (κ3) is 1.13. The van der Waals surface area contributed by atoms with E-state index in [2.05, 4.69) is 6.07 Å². The molecule has 0 aromatic rings. The lowest BCUT2D eigenvalue weighted by atomic mass is 9.68. The summed E-state index contributed by atoms with van der Waals surface area (Å²) in [7, 11) is 1.63. The molecule has 1 saturated carbocycles. The van der Waals surface area contributed by atoms with E-state index in [0.29, 0.717) is 0 Å². The highest BCUT2D eigenvalue weighted by atomic mass is 16.5. The SMILES string of the molecule is COC=C1CC(C)(C#N)C1. The highest BCUT2D eigenvalue weighted by molar-refractivity contribution is 5.22. The van der Waals surface area contributed by atoms with Gasteiger partial charge in [0.05, 0.1) is 24.9 Å². The number of nitrogens with zero attached hydrogens (tertiary/aromatic N) is 1. The molecular formula is C8H11NO. The lowest BCUT2D eigenvalue weighted by Crippen LogP contribution is -2.25. The number of hydrogen-bond donors (Lipinski definition) is 0. The summed E-state index contributed by atoms with van der Waals surface area (Å²) in [6.07, 6.45) is 3.48. The Balaban J connectivity index is 2.45. The Morgan fingerprint density at radius 3 is 2.70 bits per heavy atom. The quantitative estimate of drug-likeness (QED) is 0.516. The number of rotatable bonds is 1. The fourth-order valence-electron chi connectivity index (χ4n) is 1.28. The molecule has 0 atom stereocenters. The van der Waals surface area contributed by atoms with Crippen molar-refractivity contribution in [3.05, 3.63) is 11.8 Å². The van der Waals surface area contributed by atoms with Gasteiger partial charge in [0.1, 0.15) is 0 Å². The van der Waals surface area contributed by atoms with Gasteiger partial charge >= 0.3 is 0 Å². The van der Waals surface area contributed by atoms with Gasteiger partial charge in [0.2, 0.25) is 0 Å². The van der Waals surface area contributed by atoms with Gasteiger partial charge in [-0.3, -0.25) is 0 Å². The zero-order chi connectivity index (χ0) is 7.61. The Kier molecular flexibility index (Phi) is 1.67. The molecule has 0 heterocycles. The smallest absolute Gasteiger partial charge is 0.0817 e. The topological polar surface area (TPSA) is 33.0 Å². The van der Waals surface area contributed by atoms with Crippen molar-refractivity contribution >= 4 is 0 Å². The Bertz CT molecular complexity index is 192. The molecular weight excluding hydrogens is 126 g/mol. The maximum Gasteiger partial charge on any atom is 0.0817 e. The van der Waals surface area contributed by atoms with Gasteiger partial charge in [0.25, 0.3) is 0 Å². The molecule has 0 radical (unpaired) electrons. The van der Waals surface area contributed by atoms with Crippen molar-refractivity contribution in [2.45, 2.75) is 19.8 Å². The molecule has 1 aliphatic rings. The second kappa shape index (κ2) is 2.34. The fourth-order valence-corrected chi connectivity index (χ4v) is 1.28. The van der Waals surface area contributed by atoms with Crippen LogP contribution in [0.5, 0.6) is 0 Å². The van der Waals surface area contributed by atoms with Crippen molar-refractivity contribution in [3.63, 3.8) is 0 Å². The molecule has 2 heteroatoms. The van der Waals surface area contributed by atoms with Crippen molar-refractivity contribution in [1.82, 2.24) is 0 Å². The lowest BCUT2D eigenvalue weighted by molar-refractivity contribution is 0.285. The first-order valence-corrected chi connectivity index (χ1v) is 3.32. The monoisotopic (exact) mass is 137 g/mol. The van der Waals surface area contributed by atoms with Crippen LogP contribution >= 0.6 is 0 Å². The van der Waals surface area contributed by atoms with E-state index in [1.165, 1.54) is 5.57 Å². The Morgan fingerprint density at radius 2 is 2.30 bits per heavy atom. The van der Waals surface area contributed by atoms with Crippen LogP contribution in [-0.2, 0) is 4.74 Å². The molecule has 0 aromatic carbocycles. The molecule has 1 fully saturated rings. The third-order valence-electron chi connectivity index (χ3n) is 1.79. The summed E-state index contributed by atoms with van der Waals surface area (Å²) < 4.78 is 4.81. The summed E-state index contributed by atoms with van der Waals surface area (Å²) in [5.74, 6) is 0. The summed E-state index contributed by atoms with van der Waals surface area (Å²) in [6.45, 7) is 1.97. The lowest BCUT2D eigenvalue weighted by Gasteiger charge is -2.33. The summed E-state index contributed by atoms with van der Waals surface area (Å²) in [4.78, 5) is 0. The highest BCUT2D eigenvalue weighted by Gasteiger charge is 2.36. The Labute approximate surface area is 61.1 Å². The molecule has 10 heavy (non-hydrogen) atoms.